The van der Waals surface area contributed by atoms with Crippen molar-refractivity contribution in [3.8, 4) is 46.0 Å². The largest absolute Gasteiger partial charge is 0.508 e. The fourth-order valence-electron chi connectivity index (χ4n) is 6.84. The number of rotatable bonds is 48. The van der Waals surface area contributed by atoms with E-state index in [2.05, 4.69) is 0 Å². The summed E-state index contributed by atoms with van der Waals surface area (Å²) in [6, 6.07) is 24.3. The molecule has 0 saturated heterocycles. The average molecular weight is 1320 g/mol. The van der Waals surface area contributed by atoms with Crippen molar-refractivity contribution in [3.05, 3.63) is 97.1 Å². The molecular formula is C61H76O24S4. The van der Waals surface area contributed by atoms with Crippen LogP contribution in [0.1, 0.15) is 51.4 Å². The van der Waals surface area contributed by atoms with E-state index in [9.17, 15) is 58.8 Å². The third kappa shape index (κ3) is 36.5. The maximum atomic E-state index is 13.3. The lowest BCUT2D eigenvalue weighted by Crippen LogP contribution is -2.44. The molecule has 4 aromatic rings. The highest BCUT2D eigenvalue weighted by Gasteiger charge is 2.38. The molecule has 4 rings (SSSR count). The standard InChI is InChI=1S/C61H76O24S4/c62-45-1-9-49(10-2-45)74-25-29-78-53(66)17-33-86-37-21-57(70)82-41-61(42-83-58(71)22-38-87-34-18-54(67)79-30-26-75-50-11-3-46(63)4-12-50,43-84-59(72)23-39-88-35-19-55(68)80-31-27-76-51-13-5-47(64)6-14-51)44-85-60(73)24-40-89-36-20-56(69)81-32-28-77-52-15-7-48(65)8-16-52/h1-16,62-65H,17-44H2. The van der Waals surface area contributed by atoms with Crippen molar-refractivity contribution < 1.29 is 116 Å². The first-order valence-corrected chi connectivity index (χ1v) is 32.9. The lowest BCUT2D eigenvalue weighted by molar-refractivity contribution is -0.170. The van der Waals surface area contributed by atoms with Gasteiger partial charge >= 0.3 is 47.8 Å². The van der Waals surface area contributed by atoms with Crippen molar-refractivity contribution in [1.29, 1.82) is 0 Å². The van der Waals surface area contributed by atoms with Crippen LogP contribution in [-0.2, 0) is 76.3 Å². The van der Waals surface area contributed by atoms with Gasteiger partial charge in [-0.05, 0) is 97.1 Å². The summed E-state index contributed by atoms with van der Waals surface area (Å²) in [5.41, 5.74) is -1.62. The molecule has 89 heavy (non-hydrogen) atoms. The van der Waals surface area contributed by atoms with E-state index in [1.165, 1.54) is 95.6 Å². The first-order chi connectivity index (χ1) is 43.0. The summed E-state index contributed by atoms with van der Waals surface area (Å²) in [5.74, 6) is -0.140. The van der Waals surface area contributed by atoms with E-state index < -0.39 is 79.6 Å². The molecule has 0 aliphatic heterocycles. The minimum absolute atomic E-state index is 0.00285. The maximum Gasteiger partial charge on any atom is 0.306 e. The van der Waals surface area contributed by atoms with E-state index in [1.807, 2.05) is 0 Å². The second-order valence-corrected chi connectivity index (χ2v) is 23.7. The Hall–Kier alpha value is -7.56. The zero-order valence-corrected chi connectivity index (χ0v) is 52.4. The van der Waals surface area contributed by atoms with Crippen LogP contribution in [0.2, 0.25) is 0 Å². The zero-order valence-electron chi connectivity index (χ0n) is 49.1. The molecule has 0 aliphatic carbocycles. The monoisotopic (exact) mass is 1320 g/mol. The third-order valence-corrected chi connectivity index (χ3v) is 15.5. The van der Waals surface area contributed by atoms with Gasteiger partial charge < -0.3 is 77.3 Å². The molecule has 4 N–H and O–H groups in total. The van der Waals surface area contributed by atoms with Crippen molar-refractivity contribution in [1.82, 2.24) is 0 Å². The van der Waals surface area contributed by atoms with Crippen molar-refractivity contribution in [2.75, 3.05) is 125 Å². The van der Waals surface area contributed by atoms with Gasteiger partial charge in [-0.2, -0.15) is 47.0 Å². The summed E-state index contributed by atoms with van der Waals surface area (Å²) in [6.07, 6.45) is -0.298. The first-order valence-electron chi connectivity index (χ1n) is 28.3. The molecule has 488 valence electrons. The molecule has 0 radical (unpaired) electrons. The molecule has 4 aromatic carbocycles. The number of benzene rings is 4. The average Bonchev–Trinajstić information content (AvgIpc) is 3.70. The number of ether oxygens (including phenoxy) is 12. The molecule has 24 nitrogen and oxygen atoms in total. The number of carbonyl (C=O) groups is 8. The molecular weight excluding hydrogens is 1240 g/mol. The lowest BCUT2D eigenvalue weighted by Gasteiger charge is -2.31. The number of aromatic hydroxyl groups is 4. The Bertz CT molecular complexity index is 2340. The van der Waals surface area contributed by atoms with E-state index in [4.69, 9.17) is 56.8 Å². The molecule has 0 aliphatic rings. The van der Waals surface area contributed by atoms with Gasteiger partial charge in [0.15, 0.2) is 0 Å². The number of hydrogen-bond donors (Lipinski definition) is 4. The molecule has 0 saturated carbocycles. The second kappa shape index (κ2) is 44.8. The number of hydrogen-bond acceptors (Lipinski definition) is 28. The van der Waals surface area contributed by atoms with E-state index in [1.54, 1.807) is 48.5 Å². The molecule has 0 atom stereocenters. The predicted molar refractivity (Wildman–Crippen MR) is 331 cm³/mol. The fourth-order valence-corrected chi connectivity index (χ4v) is 10.1. The van der Waals surface area contributed by atoms with E-state index >= 15 is 0 Å². The maximum absolute atomic E-state index is 13.3. The predicted octanol–water partition coefficient (Wildman–Crippen LogP) is 7.51. The Labute approximate surface area is 532 Å². The van der Waals surface area contributed by atoms with Crippen molar-refractivity contribution in [2.24, 2.45) is 5.41 Å². The third-order valence-electron chi connectivity index (χ3n) is 11.6. The van der Waals surface area contributed by atoms with Gasteiger partial charge in [-0.25, -0.2) is 0 Å². The van der Waals surface area contributed by atoms with Gasteiger partial charge in [0.1, 0.15) is 131 Å². The Morgan fingerprint density at radius 2 is 0.427 bits per heavy atom. The molecule has 28 heteroatoms. The van der Waals surface area contributed by atoms with Crippen LogP contribution < -0.4 is 18.9 Å². The molecule has 0 heterocycles. The van der Waals surface area contributed by atoms with Crippen molar-refractivity contribution >= 4 is 94.8 Å². The highest BCUT2D eigenvalue weighted by Crippen LogP contribution is 2.25. The van der Waals surface area contributed by atoms with Crippen molar-refractivity contribution in [2.45, 2.75) is 51.4 Å². The quantitative estimate of drug-likeness (QED) is 0.0189. The molecule has 0 bridgehead atoms. The van der Waals surface area contributed by atoms with Crippen LogP contribution in [0.15, 0.2) is 97.1 Å². The van der Waals surface area contributed by atoms with Gasteiger partial charge in [0.25, 0.3) is 0 Å². The molecule has 0 amide bonds. The Morgan fingerprint density at radius 1 is 0.258 bits per heavy atom. The van der Waals surface area contributed by atoms with Gasteiger partial charge in [0.2, 0.25) is 0 Å². The number of phenolic OH excluding ortho intramolecular Hbond substituents is 4. The highest BCUT2D eigenvalue weighted by molar-refractivity contribution is 7.99. The first kappa shape index (κ1) is 73.9. The summed E-state index contributed by atoms with van der Waals surface area (Å²) in [7, 11) is 0. The van der Waals surface area contributed by atoms with Gasteiger partial charge in [-0.3, -0.25) is 38.4 Å². The molecule has 0 unspecified atom stereocenters. The minimum Gasteiger partial charge on any atom is -0.508 e. The summed E-state index contributed by atoms with van der Waals surface area (Å²) in [6.45, 7) is -1.76. The molecule has 0 aromatic heterocycles. The SMILES string of the molecule is O=C(CCSCCC(=O)OCC(COC(=O)CCSCCC(=O)OCCOc1ccc(O)cc1)(COC(=O)CCSCCC(=O)OCCOc1ccc(O)cc1)COC(=O)CCSCCC(=O)OCCOc1ccc(O)cc1)OCCOc1ccc(O)cc1. The van der Waals surface area contributed by atoms with Crippen LogP contribution in [0.5, 0.6) is 46.0 Å². The number of phenols is 4. The summed E-state index contributed by atoms with van der Waals surface area (Å²) in [5, 5.41) is 37.7. The van der Waals surface area contributed by atoms with Gasteiger partial charge in [-0.15, -0.1) is 0 Å². The van der Waals surface area contributed by atoms with Gasteiger partial charge in [0.05, 0.1) is 51.4 Å². The number of thioether (sulfide) groups is 4. The summed E-state index contributed by atoms with van der Waals surface area (Å²) in [4.78, 5) is 102. The smallest absolute Gasteiger partial charge is 0.306 e. The number of carbonyl (C=O) groups excluding carboxylic acids is 8. The Morgan fingerprint density at radius 3 is 0.607 bits per heavy atom. The minimum atomic E-state index is -1.62. The summed E-state index contributed by atoms with van der Waals surface area (Å²) < 4.78 is 65.6. The summed E-state index contributed by atoms with van der Waals surface area (Å²) >= 11 is 5.16. The lowest BCUT2D eigenvalue weighted by atomic mass is 9.92. The number of esters is 8. The van der Waals surface area contributed by atoms with Gasteiger partial charge in [-0.1, -0.05) is 0 Å². The van der Waals surface area contributed by atoms with Crippen LogP contribution in [0.25, 0.3) is 0 Å². The normalized spacial score (nSPS) is 10.9. The van der Waals surface area contributed by atoms with Crippen LogP contribution in [0, 0.1) is 5.41 Å². The van der Waals surface area contributed by atoms with E-state index in [0.29, 0.717) is 46.0 Å². The van der Waals surface area contributed by atoms with E-state index in [-0.39, 0.29) is 150 Å². The Balaban J connectivity index is 1.29. The Kier molecular flexibility index (Phi) is 37.2. The van der Waals surface area contributed by atoms with E-state index in [0.717, 1.165) is 0 Å². The van der Waals surface area contributed by atoms with Gasteiger partial charge in [0, 0.05) is 46.0 Å². The highest BCUT2D eigenvalue weighted by atomic mass is 32.2. The fraction of sp³-hybridized carbons (Fsp3) is 0.475. The van der Waals surface area contributed by atoms with Crippen molar-refractivity contribution in [3.63, 3.8) is 0 Å². The zero-order chi connectivity index (χ0) is 64.2. The van der Waals surface area contributed by atoms with Crippen LogP contribution >= 0.6 is 47.0 Å². The topological polar surface area (TPSA) is 328 Å². The van der Waals surface area contributed by atoms with Crippen LogP contribution in [0.3, 0.4) is 0 Å². The second-order valence-electron chi connectivity index (χ2n) is 18.8. The van der Waals surface area contributed by atoms with Crippen LogP contribution in [0.4, 0.5) is 0 Å². The molecule has 0 fully saturated rings. The molecule has 0 spiro atoms. The van der Waals surface area contributed by atoms with Crippen LogP contribution in [-0.4, -0.2) is 193 Å².